The molecule has 2 amide bonds. The molecule has 1 aliphatic heterocycles. The molecule has 0 radical (unpaired) electrons. The maximum absolute atomic E-state index is 12.0. The highest BCUT2D eigenvalue weighted by atomic mass is 16.6. The van der Waals surface area contributed by atoms with Crippen LogP contribution in [-0.2, 0) is 27.2 Å². The van der Waals surface area contributed by atoms with Crippen LogP contribution in [-0.4, -0.2) is 37.5 Å². The van der Waals surface area contributed by atoms with Crippen molar-refractivity contribution in [1.82, 2.24) is 5.32 Å². The van der Waals surface area contributed by atoms with Crippen LogP contribution in [0.1, 0.15) is 18.1 Å². The van der Waals surface area contributed by atoms with Gasteiger partial charge in [-0.25, -0.2) is 4.79 Å². The van der Waals surface area contributed by atoms with Gasteiger partial charge in [-0.05, 0) is 36.1 Å². The molecule has 6 nitrogen and oxygen atoms in total. The van der Waals surface area contributed by atoms with Crippen LogP contribution in [0.4, 0.5) is 10.5 Å². The van der Waals surface area contributed by atoms with E-state index >= 15 is 0 Å². The Bertz CT molecular complexity index is 629. The number of carbonyl (C=O) groups is 3. The highest BCUT2D eigenvalue weighted by Gasteiger charge is 2.33. The van der Waals surface area contributed by atoms with Gasteiger partial charge in [-0.2, -0.15) is 0 Å². The minimum atomic E-state index is -0.403. The molecule has 1 saturated heterocycles. The van der Waals surface area contributed by atoms with Gasteiger partial charge >= 0.3 is 6.09 Å². The second-order valence-corrected chi connectivity index (χ2v) is 5.81. The number of fused-ring (bicyclic) bond motifs is 1. The first kappa shape index (κ1) is 14.6. The lowest BCUT2D eigenvalue weighted by Crippen LogP contribution is -2.33. The van der Waals surface area contributed by atoms with Crippen LogP contribution < -0.4 is 10.2 Å². The van der Waals surface area contributed by atoms with E-state index in [2.05, 4.69) is 5.32 Å². The lowest BCUT2D eigenvalue weighted by atomic mass is 10.1. The number of nitrogens with one attached hydrogen (secondary N) is 1. The first-order valence-electron chi connectivity index (χ1n) is 7.36. The molecule has 1 heterocycles. The maximum Gasteiger partial charge on any atom is 0.414 e. The van der Waals surface area contributed by atoms with Crippen LogP contribution in [0.5, 0.6) is 0 Å². The number of amides is 2. The second kappa shape index (κ2) is 5.79. The monoisotopic (exact) mass is 302 g/mol. The van der Waals surface area contributed by atoms with Crippen molar-refractivity contribution in [2.75, 3.05) is 18.0 Å². The Labute approximate surface area is 128 Å². The summed E-state index contributed by atoms with van der Waals surface area (Å²) >= 11 is 0. The zero-order valence-electron chi connectivity index (χ0n) is 12.4. The zero-order valence-corrected chi connectivity index (χ0v) is 12.4. The molecule has 6 heteroatoms. The number of hydrogen-bond donors (Lipinski definition) is 1. The van der Waals surface area contributed by atoms with Crippen molar-refractivity contribution in [2.24, 2.45) is 5.92 Å². The Hall–Kier alpha value is -2.37. The summed E-state index contributed by atoms with van der Waals surface area (Å²) in [7, 11) is 0. The molecule has 3 rings (SSSR count). The van der Waals surface area contributed by atoms with Gasteiger partial charge in [0.05, 0.1) is 13.1 Å². The molecule has 0 unspecified atom stereocenters. The van der Waals surface area contributed by atoms with E-state index < -0.39 is 6.09 Å². The third-order valence-corrected chi connectivity index (χ3v) is 4.11. The van der Waals surface area contributed by atoms with E-state index in [1.807, 2.05) is 18.2 Å². The molecular weight excluding hydrogens is 284 g/mol. The zero-order chi connectivity index (χ0) is 15.7. The normalized spacial score (nSPS) is 23.1. The fraction of sp³-hybridized carbons (Fsp3) is 0.438. The number of cyclic esters (lactones) is 1. The SMILES string of the molecule is CC(=O)NC[C@H]1CN(c2ccc3c(c2)C[C@H](C=O)C3)C(=O)O1. The van der Waals surface area contributed by atoms with E-state index in [1.54, 1.807) is 4.90 Å². The maximum atomic E-state index is 12.0. The van der Waals surface area contributed by atoms with Crippen molar-refractivity contribution >= 4 is 24.0 Å². The highest BCUT2D eigenvalue weighted by molar-refractivity contribution is 5.90. The van der Waals surface area contributed by atoms with Gasteiger partial charge in [0.25, 0.3) is 0 Å². The average Bonchev–Trinajstić information content (AvgIpc) is 3.07. The average molecular weight is 302 g/mol. The van der Waals surface area contributed by atoms with Gasteiger partial charge in [0.15, 0.2) is 0 Å². The largest absolute Gasteiger partial charge is 0.442 e. The Balaban J connectivity index is 1.71. The molecule has 1 aromatic carbocycles. The van der Waals surface area contributed by atoms with E-state index in [4.69, 9.17) is 4.74 Å². The molecule has 116 valence electrons. The number of hydrogen-bond acceptors (Lipinski definition) is 4. The number of nitrogens with zero attached hydrogens (tertiary/aromatic N) is 1. The molecule has 1 fully saturated rings. The number of anilines is 1. The van der Waals surface area contributed by atoms with Gasteiger partial charge in [0.2, 0.25) is 5.91 Å². The summed E-state index contributed by atoms with van der Waals surface area (Å²) in [4.78, 5) is 35.4. The van der Waals surface area contributed by atoms with Crippen LogP contribution in [0.3, 0.4) is 0 Å². The summed E-state index contributed by atoms with van der Waals surface area (Å²) in [6, 6.07) is 5.82. The van der Waals surface area contributed by atoms with E-state index in [0.29, 0.717) is 13.1 Å². The molecule has 1 aliphatic carbocycles. The molecule has 1 aromatic rings. The minimum Gasteiger partial charge on any atom is -0.442 e. The molecule has 0 saturated carbocycles. The van der Waals surface area contributed by atoms with Gasteiger partial charge in [0.1, 0.15) is 12.4 Å². The highest BCUT2D eigenvalue weighted by Crippen LogP contribution is 2.31. The van der Waals surface area contributed by atoms with Crippen LogP contribution in [0.25, 0.3) is 0 Å². The van der Waals surface area contributed by atoms with E-state index in [9.17, 15) is 14.4 Å². The fourth-order valence-electron chi connectivity index (χ4n) is 3.00. The lowest BCUT2D eigenvalue weighted by Gasteiger charge is -2.14. The fourth-order valence-corrected chi connectivity index (χ4v) is 3.00. The number of rotatable bonds is 4. The molecular formula is C16H18N2O4. The van der Waals surface area contributed by atoms with Crippen LogP contribution in [0.15, 0.2) is 18.2 Å². The number of aldehydes is 1. The first-order chi connectivity index (χ1) is 10.6. The van der Waals surface area contributed by atoms with Crippen molar-refractivity contribution in [1.29, 1.82) is 0 Å². The Kier molecular flexibility index (Phi) is 3.83. The quantitative estimate of drug-likeness (QED) is 0.844. The smallest absolute Gasteiger partial charge is 0.414 e. The molecule has 2 aliphatic rings. The van der Waals surface area contributed by atoms with Crippen LogP contribution in [0.2, 0.25) is 0 Å². The Morgan fingerprint density at radius 2 is 2.18 bits per heavy atom. The topological polar surface area (TPSA) is 75.7 Å². The molecule has 0 bridgehead atoms. The number of ether oxygens (including phenoxy) is 1. The molecule has 0 aromatic heterocycles. The van der Waals surface area contributed by atoms with Gasteiger partial charge < -0.3 is 14.8 Å². The van der Waals surface area contributed by atoms with Crippen LogP contribution in [0, 0.1) is 5.92 Å². The van der Waals surface area contributed by atoms with E-state index in [-0.39, 0.29) is 17.9 Å². The number of benzene rings is 1. The van der Waals surface area contributed by atoms with Gasteiger partial charge in [-0.3, -0.25) is 9.69 Å². The minimum absolute atomic E-state index is 0.0447. The first-order valence-corrected chi connectivity index (χ1v) is 7.36. The summed E-state index contributed by atoms with van der Waals surface area (Å²) in [5.41, 5.74) is 3.07. The summed E-state index contributed by atoms with van der Waals surface area (Å²) in [5.74, 6) is -0.102. The number of carbonyl (C=O) groups excluding carboxylic acids is 3. The molecule has 22 heavy (non-hydrogen) atoms. The molecule has 2 atom stereocenters. The van der Waals surface area contributed by atoms with Crippen LogP contribution >= 0.6 is 0 Å². The Morgan fingerprint density at radius 1 is 1.41 bits per heavy atom. The molecule has 1 N–H and O–H groups in total. The van der Waals surface area contributed by atoms with E-state index in [1.165, 1.54) is 12.5 Å². The van der Waals surface area contributed by atoms with Gasteiger partial charge in [-0.15, -0.1) is 0 Å². The predicted molar refractivity (Wildman–Crippen MR) is 79.7 cm³/mol. The van der Waals surface area contributed by atoms with Gasteiger partial charge in [0, 0.05) is 18.5 Å². The summed E-state index contributed by atoms with van der Waals surface area (Å²) < 4.78 is 5.26. The predicted octanol–water partition coefficient (Wildman–Crippen LogP) is 1.06. The third-order valence-electron chi connectivity index (χ3n) is 4.11. The standard InChI is InChI=1S/C16H18N2O4/c1-10(20)17-7-15-8-18(16(21)22-15)14-3-2-12-4-11(9-19)5-13(12)6-14/h2-3,6,9,11,15H,4-5,7-8H2,1H3,(H,17,20)/t11-,15+/m1/s1. The van der Waals surface area contributed by atoms with E-state index in [0.717, 1.165) is 30.4 Å². The second-order valence-electron chi connectivity index (χ2n) is 5.81. The van der Waals surface area contributed by atoms with Crippen molar-refractivity contribution in [3.05, 3.63) is 29.3 Å². The lowest BCUT2D eigenvalue weighted by molar-refractivity contribution is -0.119. The van der Waals surface area contributed by atoms with Crippen molar-refractivity contribution < 1.29 is 19.1 Å². The third kappa shape index (κ3) is 2.81. The van der Waals surface area contributed by atoms with Gasteiger partial charge in [-0.1, -0.05) is 6.07 Å². The van der Waals surface area contributed by atoms with Crippen molar-refractivity contribution in [3.63, 3.8) is 0 Å². The summed E-state index contributed by atoms with van der Waals surface area (Å²) in [5, 5.41) is 2.65. The Morgan fingerprint density at radius 3 is 2.91 bits per heavy atom. The van der Waals surface area contributed by atoms with Crippen molar-refractivity contribution in [2.45, 2.75) is 25.9 Å². The summed E-state index contributed by atoms with van der Waals surface area (Å²) in [6.45, 7) is 2.16. The summed E-state index contributed by atoms with van der Waals surface area (Å²) in [6.07, 6.45) is 1.75. The molecule has 0 spiro atoms. The van der Waals surface area contributed by atoms with Crippen molar-refractivity contribution in [3.8, 4) is 0 Å².